The number of carbonyl (C=O) groups excluding carboxylic acids is 2. The van der Waals surface area contributed by atoms with Gasteiger partial charge in [0, 0.05) is 24.8 Å². The van der Waals surface area contributed by atoms with Gasteiger partial charge in [-0.2, -0.15) is 0 Å². The summed E-state index contributed by atoms with van der Waals surface area (Å²) in [6.07, 6.45) is 1.61. The molecule has 0 atom stereocenters. The van der Waals surface area contributed by atoms with Gasteiger partial charge in [-0.15, -0.1) is 0 Å². The normalized spacial score (nSPS) is 12.0. The SMILES string of the molecule is CCN(Cc1ccc2c(c1)OCCO2)C(=O)COc1ccc(C(=O)Nc2ccccn2)cc1. The third kappa shape index (κ3) is 5.79. The van der Waals surface area contributed by atoms with E-state index in [0.717, 1.165) is 11.3 Å². The average Bonchev–Trinajstić information content (AvgIpc) is 2.86. The smallest absolute Gasteiger partial charge is 0.260 e. The maximum atomic E-state index is 12.7. The number of hydrogen-bond donors (Lipinski definition) is 1. The van der Waals surface area contributed by atoms with Gasteiger partial charge < -0.3 is 24.4 Å². The maximum absolute atomic E-state index is 12.7. The van der Waals surface area contributed by atoms with Gasteiger partial charge in [0.15, 0.2) is 18.1 Å². The molecule has 0 saturated heterocycles. The lowest BCUT2D eigenvalue weighted by Crippen LogP contribution is -2.34. The lowest BCUT2D eigenvalue weighted by atomic mass is 10.1. The summed E-state index contributed by atoms with van der Waals surface area (Å²) in [6.45, 7) is 3.87. The van der Waals surface area contributed by atoms with Gasteiger partial charge in [0.1, 0.15) is 24.8 Å². The molecule has 0 bridgehead atoms. The van der Waals surface area contributed by atoms with Gasteiger partial charge in [-0.3, -0.25) is 9.59 Å². The first-order valence-electron chi connectivity index (χ1n) is 10.7. The Hall–Kier alpha value is -4.07. The fourth-order valence-electron chi connectivity index (χ4n) is 3.35. The van der Waals surface area contributed by atoms with Crippen molar-refractivity contribution in [3.05, 3.63) is 78.0 Å². The van der Waals surface area contributed by atoms with Crippen LogP contribution in [0.1, 0.15) is 22.8 Å². The number of nitrogens with zero attached hydrogens (tertiary/aromatic N) is 2. The minimum absolute atomic E-state index is 0.0993. The van der Waals surface area contributed by atoms with Gasteiger partial charge >= 0.3 is 0 Å². The highest BCUT2D eigenvalue weighted by Crippen LogP contribution is 2.31. The van der Waals surface area contributed by atoms with Crippen LogP contribution in [0.15, 0.2) is 66.9 Å². The minimum atomic E-state index is -0.270. The van der Waals surface area contributed by atoms with Crippen molar-refractivity contribution in [3.63, 3.8) is 0 Å². The largest absolute Gasteiger partial charge is 0.486 e. The molecule has 33 heavy (non-hydrogen) atoms. The number of likely N-dealkylation sites (N-methyl/N-ethyl adjacent to an activating group) is 1. The number of hydrogen-bond acceptors (Lipinski definition) is 6. The fourth-order valence-corrected chi connectivity index (χ4v) is 3.35. The number of fused-ring (bicyclic) bond motifs is 1. The zero-order chi connectivity index (χ0) is 23.0. The molecular formula is C25H25N3O5. The van der Waals surface area contributed by atoms with E-state index in [4.69, 9.17) is 14.2 Å². The second-order valence-corrected chi connectivity index (χ2v) is 7.37. The van der Waals surface area contributed by atoms with E-state index < -0.39 is 0 Å². The number of rotatable bonds is 8. The lowest BCUT2D eigenvalue weighted by Gasteiger charge is -2.23. The molecule has 0 saturated carbocycles. The van der Waals surface area contributed by atoms with Crippen LogP contribution in [0.2, 0.25) is 0 Å². The Bertz CT molecular complexity index is 1100. The molecule has 4 rings (SSSR count). The zero-order valence-corrected chi connectivity index (χ0v) is 18.3. The molecular weight excluding hydrogens is 422 g/mol. The molecule has 0 fully saturated rings. The molecule has 2 amide bonds. The first-order valence-corrected chi connectivity index (χ1v) is 10.7. The minimum Gasteiger partial charge on any atom is -0.486 e. The Morgan fingerprint density at radius 2 is 1.82 bits per heavy atom. The van der Waals surface area contributed by atoms with Gasteiger partial charge in [-0.25, -0.2) is 4.98 Å². The van der Waals surface area contributed by atoms with Crippen molar-refractivity contribution in [1.82, 2.24) is 9.88 Å². The van der Waals surface area contributed by atoms with E-state index in [2.05, 4.69) is 10.3 Å². The van der Waals surface area contributed by atoms with E-state index in [0.29, 0.717) is 49.2 Å². The van der Waals surface area contributed by atoms with Crippen LogP contribution in [0, 0.1) is 0 Å². The van der Waals surface area contributed by atoms with Crippen molar-refractivity contribution in [2.75, 3.05) is 31.7 Å². The second-order valence-electron chi connectivity index (χ2n) is 7.37. The molecule has 8 heteroatoms. The molecule has 0 unspecified atom stereocenters. The molecule has 0 spiro atoms. The Labute approximate surface area is 192 Å². The number of pyridine rings is 1. The van der Waals surface area contributed by atoms with Crippen LogP contribution in [0.25, 0.3) is 0 Å². The third-order valence-electron chi connectivity index (χ3n) is 5.10. The molecule has 1 aliphatic heterocycles. The number of carbonyl (C=O) groups is 2. The van der Waals surface area contributed by atoms with Crippen molar-refractivity contribution in [2.45, 2.75) is 13.5 Å². The number of aromatic nitrogens is 1. The van der Waals surface area contributed by atoms with E-state index in [1.807, 2.05) is 25.1 Å². The number of amides is 2. The van der Waals surface area contributed by atoms with Gasteiger partial charge in [0.2, 0.25) is 0 Å². The predicted octanol–water partition coefficient (Wildman–Crippen LogP) is 3.53. The highest BCUT2D eigenvalue weighted by atomic mass is 16.6. The Kier molecular flexibility index (Phi) is 7.04. The van der Waals surface area contributed by atoms with E-state index >= 15 is 0 Å². The van der Waals surface area contributed by atoms with E-state index in [-0.39, 0.29) is 18.4 Å². The Balaban J connectivity index is 1.30. The van der Waals surface area contributed by atoms with Crippen molar-refractivity contribution in [1.29, 1.82) is 0 Å². The highest BCUT2D eigenvalue weighted by Gasteiger charge is 2.16. The second kappa shape index (κ2) is 10.5. The Morgan fingerprint density at radius 3 is 2.55 bits per heavy atom. The molecule has 2 aromatic carbocycles. The fraction of sp³-hybridized carbons (Fsp3) is 0.240. The summed E-state index contributed by atoms with van der Waals surface area (Å²) in [5.41, 5.74) is 1.42. The summed E-state index contributed by atoms with van der Waals surface area (Å²) in [5.74, 6) is 2.00. The molecule has 2 heterocycles. The number of anilines is 1. The summed E-state index contributed by atoms with van der Waals surface area (Å²) >= 11 is 0. The molecule has 1 aromatic heterocycles. The molecule has 0 radical (unpaired) electrons. The molecule has 3 aromatic rings. The van der Waals surface area contributed by atoms with E-state index in [1.165, 1.54) is 0 Å². The Morgan fingerprint density at radius 1 is 1.03 bits per heavy atom. The van der Waals surface area contributed by atoms with Crippen LogP contribution in [-0.4, -0.2) is 48.1 Å². The summed E-state index contributed by atoms with van der Waals surface area (Å²) in [6, 6.07) is 17.6. The summed E-state index contributed by atoms with van der Waals surface area (Å²) in [7, 11) is 0. The van der Waals surface area contributed by atoms with Crippen LogP contribution in [0.3, 0.4) is 0 Å². The van der Waals surface area contributed by atoms with Gasteiger partial charge in [0.05, 0.1) is 0 Å². The maximum Gasteiger partial charge on any atom is 0.260 e. The van der Waals surface area contributed by atoms with Crippen molar-refractivity contribution >= 4 is 17.6 Å². The van der Waals surface area contributed by atoms with Crippen molar-refractivity contribution in [2.24, 2.45) is 0 Å². The molecule has 1 N–H and O–H groups in total. The van der Waals surface area contributed by atoms with Crippen LogP contribution in [0.4, 0.5) is 5.82 Å². The topological polar surface area (TPSA) is 90.0 Å². The number of ether oxygens (including phenoxy) is 3. The first kappa shape index (κ1) is 22.1. The summed E-state index contributed by atoms with van der Waals surface area (Å²) in [5, 5.41) is 2.72. The van der Waals surface area contributed by atoms with Gasteiger partial charge in [0.25, 0.3) is 11.8 Å². The molecule has 0 aliphatic carbocycles. The number of nitrogens with one attached hydrogen (secondary N) is 1. The van der Waals surface area contributed by atoms with Crippen LogP contribution in [0.5, 0.6) is 17.2 Å². The van der Waals surface area contributed by atoms with Gasteiger partial charge in [-0.1, -0.05) is 12.1 Å². The van der Waals surface area contributed by atoms with Crippen LogP contribution < -0.4 is 19.5 Å². The van der Waals surface area contributed by atoms with E-state index in [9.17, 15) is 9.59 Å². The van der Waals surface area contributed by atoms with Crippen molar-refractivity contribution in [3.8, 4) is 17.2 Å². The lowest BCUT2D eigenvalue weighted by molar-refractivity contribution is -0.133. The average molecular weight is 447 g/mol. The number of benzene rings is 2. The monoisotopic (exact) mass is 447 g/mol. The molecule has 1 aliphatic rings. The van der Waals surface area contributed by atoms with Crippen LogP contribution in [-0.2, 0) is 11.3 Å². The first-order chi connectivity index (χ1) is 16.1. The molecule has 170 valence electrons. The quantitative estimate of drug-likeness (QED) is 0.568. The summed E-state index contributed by atoms with van der Waals surface area (Å²) in [4.78, 5) is 30.8. The zero-order valence-electron chi connectivity index (χ0n) is 18.3. The van der Waals surface area contributed by atoms with E-state index in [1.54, 1.807) is 53.6 Å². The summed E-state index contributed by atoms with van der Waals surface area (Å²) < 4.78 is 16.8. The molecule has 8 nitrogen and oxygen atoms in total. The standard InChI is InChI=1S/C25H25N3O5/c1-2-28(16-18-6-11-21-22(15-18)32-14-13-31-21)24(29)17-33-20-9-7-19(8-10-20)25(30)27-23-5-3-4-12-26-23/h3-12,15H,2,13-14,16-17H2,1H3,(H,26,27,30). The predicted molar refractivity (Wildman–Crippen MR) is 123 cm³/mol. The third-order valence-corrected chi connectivity index (χ3v) is 5.10. The van der Waals surface area contributed by atoms with Gasteiger partial charge in [-0.05, 0) is 61.0 Å². The highest BCUT2D eigenvalue weighted by molar-refractivity contribution is 6.03. The van der Waals surface area contributed by atoms with Crippen molar-refractivity contribution < 1.29 is 23.8 Å². The van der Waals surface area contributed by atoms with Crippen LogP contribution >= 0.6 is 0 Å².